The molecule has 4 rings (SSSR count). The smallest absolute Gasteiger partial charge is 0.322 e. The summed E-state index contributed by atoms with van der Waals surface area (Å²) in [5.41, 5.74) is 2.82. The van der Waals surface area contributed by atoms with E-state index in [1.165, 1.54) is 0 Å². The van der Waals surface area contributed by atoms with Crippen molar-refractivity contribution >= 4 is 39.0 Å². The van der Waals surface area contributed by atoms with E-state index >= 15 is 0 Å². The van der Waals surface area contributed by atoms with Gasteiger partial charge in [0.05, 0.1) is 26.5 Å². The quantitative estimate of drug-likeness (QED) is 0.566. The molecule has 0 unspecified atom stereocenters. The number of nitrogens with one attached hydrogen (secondary N) is 1. The van der Waals surface area contributed by atoms with Gasteiger partial charge in [-0.1, -0.05) is 15.9 Å². The minimum absolute atomic E-state index is 0.0981. The summed E-state index contributed by atoms with van der Waals surface area (Å²) in [6.45, 7) is 1.20. The molecule has 2 aromatic carbocycles. The topological polar surface area (TPSA) is 63.7 Å². The van der Waals surface area contributed by atoms with Crippen molar-refractivity contribution < 1.29 is 14.3 Å². The molecule has 150 valence electrons. The molecule has 0 spiro atoms. The van der Waals surface area contributed by atoms with Gasteiger partial charge in [0.1, 0.15) is 5.01 Å². The van der Waals surface area contributed by atoms with Crippen molar-refractivity contribution in [1.29, 1.82) is 0 Å². The number of hydrogen-bond acceptors (Lipinski definition) is 5. The lowest BCUT2D eigenvalue weighted by Gasteiger charge is -2.26. The first kappa shape index (κ1) is 19.7. The second-order valence-electron chi connectivity index (χ2n) is 6.57. The van der Waals surface area contributed by atoms with Crippen LogP contribution in [0.1, 0.15) is 10.6 Å². The molecule has 0 radical (unpaired) electrons. The Bertz CT molecular complexity index is 1040. The first-order valence-corrected chi connectivity index (χ1v) is 10.7. The molecule has 2 amide bonds. The minimum atomic E-state index is -0.0981. The number of aromatic nitrogens is 1. The molecule has 1 N–H and O–H groups in total. The van der Waals surface area contributed by atoms with E-state index < -0.39 is 0 Å². The molecule has 0 bridgehead atoms. The second-order valence-corrected chi connectivity index (χ2v) is 8.57. The first-order valence-electron chi connectivity index (χ1n) is 9.10. The van der Waals surface area contributed by atoms with Crippen LogP contribution in [0.25, 0.3) is 10.6 Å². The van der Waals surface area contributed by atoms with Gasteiger partial charge in [0, 0.05) is 33.6 Å². The van der Waals surface area contributed by atoms with E-state index in [-0.39, 0.29) is 6.03 Å². The van der Waals surface area contributed by atoms with Crippen LogP contribution >= 0.6 is 27.3 Å². The maximum absolute atomic E-state index is 12.6. The highest BCUT2D eigenvalue weighted by atomic mass is 79.9. The molecular weight excluding hydrogens is 454 g/mol. The number of carbonyl (C=O) groups is 1. The monoisotopic (exact) mass is 473 g/mol. The van der Waals surface area contributed by atoms with Crippen LogP contribution < -0.4 is 14.8 Å². The van der Waals surface area contributed by atoms with Crippen LogP contribution in [0.2, 0.25) is 0 Å². The van der Waals surface area contributed by atoms with Crippen molar-refractivity contribution in [2.75, 3.05) is 26.1 Å². The number of thiazole rings is 1. The number of fused-ring (bicyclic) bond motifs is 1. The summed E-state index contributed by atoms with van der Waals surface area (Å²) in [4.78, 5) is 20.4. The Morgan fingerprint density at radius 3 is 2.62 bits per heavy atom. The number of methoxy groups -OCH3 is 2. The largest absolute Gasteiger partial charge is 0.493 e. The molecule has 0 fully saturated rings. The van der Waals surface area contributed by atoms with Gasteiger partial charge in [-0.3, -0.25) is 0 Å². The average Bonchev–Trinajstić information content (AvgIpc) is 3.18. The van der Waals surface area contributed by atoms with Gasteiger partial charge < -0.3 is 19.7 Å². The van der Waals surface area contributed by atoms with Crippen LogP contribution in [-0.4, -0.2) is 36.7 Å². The van der Waals surface area contributed by atoms with Crippen molar-refractivity contribution in [2.45, 2.75) is 13.0 Å². The van der Waals surface area contributed by atoms with Gasteiger partial charge in [0.15, 0.2) is 11.5 Å². The number of nitrogens with zero attached hydrogens (tertiary/aromatic N) is 2. The molecule has 0 aliphatic carbocycles. The van der Waals surface area contributed by atoms with E-state index in [4.69, 9.17) is 14.5 Å². The Balaban J connectivity index is 1.50. The third kappa shape index (κ3) is 4.23. The van der Waals surface area contributed by atoms with Crippen LogP contribution in [0.3, 0.4) is 0 Å². The Morgan fingerprint density at radius 1 is 1.14 bits per heavy atom. The number of anilines is 1. The van der Waals surface area contributed by atoms with E-state index in [1.54, 1.807) is 25.6 Å². The number of amides is 2. The summed E-state index contributed by atoms with van der Waals surface area (Å²) >= 11 is 5.02. The maximum Gasteiger partial charge on any atom is 0.322 e. The van der Waals surface area contributed by atoms with Gasteiger partial charge in [-0.05, 0) is 42.5 Å². The summed E-state index contributed by atoms with van der Waals surface area (Å²) in [5.74, 6) is 1.36. The lowest BCUT2D eigenvalue weighted by Crippen LogP contribution is -2.38. The summed E-state index contributed by atoms with van der Waals surface area (Å²) in [5, 5.41) is 3.88. The highest BCUT2D eigenvalue weighted by Crippen LogP contribution is 2.36. The van der Waals surface area contributed by atoms with Crippen molar-refractivity contribution in [3.05, 3.63) is 57.5 Å². The number of rotatable bonds is 4. The molecule has 0 saturated heterocycles. The van der Waals surface area contributed by atoms with E-state index in [2.05, 4.69) is 21.2 Å². The zero-order valence-corrected chi connectivity index (χ0v) is 18.5. The Kier molecular flexibility index (Phi) is 5.73. The van der Waals surface area contributed by atoms with Gasteiger partial charge >= 0.3 is 6.03 Å². The van der Waals surface area contributed by atoms with E-state index in [0.717, 1.165) is 37.7 Å². The summed E-state index contributed by atoms with van der Waals surface area (Å²) in [6.07, 6.45) is 0.743. The van der Waals surface area contributed by atoms with Crippen molar-refractivity contribution in [2.24, 2.45) is 0 Å². The van der Waals surface area contributed by atoms with Gasteiger partial charge in [0.2, 0.25) is 0 Å². The average molecular weight is 474 g/mol. The lowest BCUT2D eigenvalue weighted by molar-refractivity contribution is 0.207. The molecule has 6 nitrogen and oxygen atoms in total. The molecule has 0 atom stereocenters. The van der Waals surface area contributed by atoms with Crippen molar-refractivity contribution in [3.63, 3.8) is 0 Å². The molecule has 0 saturated carbocycles. The molecule has 2 heterocycles. The van der Waals surface area contributed by atoms with Gasteiger partial charge in [-0.25, -0.2) is 9.78 Å². The van der Waals surface area contributed by atoms with Gasteiger partial charge in [0.25, 0.3) is 0 Å². The minimum Gasteiger partial charge on any atom is -0.493 e. The second kappa shape index (κ2) is 8.42. The molecule has 1 aromatic heterocycles. The highest BCUT2D eigenvalue weighted by Gasteiger charge is 2.25. The molecule has 29 heavy (non-hydrogen) atoms. The van der Waals surface area contributed by atoms with Gasteiger partial charge in [-0.2, -0.15) is 0 Å². The summed E-state index contributed by atoms with van der Waals surface area (Å²) < 4.78 is 11.7. The third-order valence-corrected chi connectivity index (χ3v) is 6.40. The number of urea groups is 1. The number of ether oxygens (including phenoxy) is 2. The van der Waals surface area contributed by atoms with Crippen LogP contribution in [0, 0.1) is 0 Å². The fraction of sp³-hybridized carbons (Fsp3) is 0.238. The Hall–Kier alpha value is -2.58. The number of hydrogen-bond donors (Lipinski definition) is 1. The summed E-state index contributed by atoms with van der Waals surface area (Å²) in [6, 6.07) is 13.2. The van der Waals surface area contributed by atoms with Crippen molar-refractivity contribution in [3.8, 4) is 22.1 Å². The molecule has 3 aromatic rings. The fourth-order valence-electron chi connectivity index (χ4n) is 3.20. The third-order valence-electron chi connectivity index (χ3n) is 4.74. The predicted molar refractivity (Wildman–Crippen MR) is 118 cm³/mol. The fourth-order valence-corrected chi connectivity index (χ4v) is 4.58. The number of halogens is 1. The highest BCUT2D eigenvalue weighted by molar-refractivity contribution is 9.10. The van der Waals surface area contributed by atoms with Crippen LogP contribution in [0.15, 0.2) is 46.9 Å². The number of benzene rings is 2. The molecule has 1 aliphatic heterocycles. The molecule has 8 heteroatoms. The van der Waals surface area contributed by atoms with Crippen LogP contribution in [-0.2, 0) is 13.0 Å². The van der Waals surface area contributed by atoms with Crippen molar-refractivity contribution in [1.82, 2.24) is 9.88 Å². The van der Waals surface area contributed by atoms with Crippen LogP contribution in [0.5, 0.6) is 11.5 Å². The van der Waals surface area contributed by atoms with E-state index in [1.807, 2.05) is 47.4 Å². The number of carbonyl (C=O) groups excluding carboxylic acids is 1. The standard InChI is InChI=1S/C21H20BrN3O3S/c1-27-17-8-3-13(11-18(17)28-2)20-24-16-9-10-25(12-19(16)29-20)21(26)23-15-6-4-14(22)5-7-15/h3-8,11H,9-10,12H2,1-2H3,(H,23,26). The zero-order chi connectivity index (χ0) is 20.4. The zero-order valence-electron chi connectivity index (χ0n) is 16.1. The predicted octanol–water partition coefficient (Wildman–Crippen LogP) is 5.18. The molecule has 1 aliphatic rings. The van der Waals surface area contributed by atoms with Gasteiger partial charge in [-0.15, -0.1) is 11.3 Å². The SMILES string of the molecule is COc1ccc(-c2nc3c(s2)CN(C(=O)Nc2ccc(Br)cc2)CC3)cc1OC. The first-order chi connectivity index (χ1) is 14.1. The Morgan fingerprint density at radius 2 is 1.90 bits per heavy atom. The molecular formula is C21H20BrN3O3S. The van der Waals surface area contributed by atoms with E-state index in [0.29, 0.717) is 24.6 Å². The Labute approximate surface area is 181 Å². The maximum atomic E-state index is 12.6. The normalized spacial score (nSPS) is 13.0. The van der Waals surface area contributed by atoms with E-state index in [9.17, 15) is 4.79 Å². The lowest BCUT2D eigenvalue weighted by atomic mass is 10.2. The van der Waals surface area contributed by atoms with Crippen LogP contribution in [0.4, 0.5) is 10.5 Å². The summed E-state index contributed by atoms with van der Waals surface area (Å²) in [7, 11) is 3.24.